The van der Waals surface area contributed by atoms with Crippen LogP contribution < -0.4 is 10.5 Å². The molecule has 0 amide bonds. The number of anilines is 1. The predicted molar refractivity (Wildman–Crippen MR) is 93.8 cm³/mol. The Hall–Kier alpha value is -3.28. The summed E-state index contributed by atoms with van der Waals surface area (Å²) in [5.41, 5.74) is 6.49. The molecule has 1 aromatic carbocycles. The van der Waals surface area contributed by atoms with Crippen molar-refractivity contribution in [2.45, 2.75) is 26.9 Å². The summed E-state index contributed by atoms with van der Waals surface area (Å²) in [7, 11) is 1.49. The fourth-order valence-corrected chi connectivity index (χ4v) is 3.23. The molecule has 3 rings (SSSR count). The Kier molecular flexibility index (Phi) is 4.22. The highest BCUT2D eigenvalue weighted by molar-refractivity contribution is 5.94. The van der Waals surface area contributed by atoms with Gasteiger partial charge in [-0.25, -0.2) is 9.97 Å². The Balaban J connectivity index is 2.57. The summed E-state index contributed by atoms with van der Waals surface area (Å²) in [5.74, 6) is 0.339. The Morgan fingerprint density at radius 1 is 1.19 bits per heavy atom. The Bertz CT molecular complexity index is 1110. The van der Waals surface area contributed by atoms with E-state index < -0.39 is 17.3 Å². The molecule has 0 aliphatic heterocycles. The van der Waals surface area contributed by atoms with Crippen LogP contribution in [0.4, 0.5) is 19.0 Å². The van der Waals surface area contributed by atoms with Crippen LogP contribution in [0.15, 0.2) is 12.1 Å². The second-order valence-corrected chi connectivity index (χ2v) is 6.08. The highest BCUT2D eigenvalue weighted by atomic mass is 19.4. The average molecular weight is 375 g/mol. The number of ether oxygens (including phenoxy) is 1. The maximum Gasteiger partial charge on any atom is 0.434 e. The molecule has 6 nitrogen and oxygen atoms in total. The first-order valence-corrected chi connectivity index (χ1v) is 7.92. The number of nitriles is 1. The van der Waals surface area contributed by atoms with Gasteiger partial charge in [0, 0.05) is 5.56 Å². The van der Waals surface area contributed by atoms with Crippen molar-refractivity contribution in [1.29, 1.82) is 5.26 Å². The van der Waals surface area contributed by atoms with Gasteiger partial charge in [0.05, 0.1) is 18.2 Å². The van der Waals surface area contributed by atoms with Gasteiger partial charge < -0.3 is 10.5 Å². The minimum Gasteiger partial charge on any atom is -0.496 e. The molecule has 2 N–H and O–H groups in total. The van der Waals surface area contributed by atoms with Crippen molar-refractivity contribution in [3.8, 4) is 17.5 Å². The molecule has 0 fully saturated rings. The van der Waals surface area contributed by atoms with E-state index in [2.05, 4.69) is 9.97 Å². The third-order valence-electron chi connectivity index (χ3n) is 4.37. The normalized spacial score (nSPS) is 11.6. The minimum atomic E-state index is -4.76. The molecule has 0 unspecified atom stereocenters. The fourth-order valence-electron chi connectivity index (χ4n) is 3.23. The van der Waals surface area contributed by atoms with Crippen LogP contribution in [0.3, 0.4) is 0 Å². The van der Waals surface area contributed by atoms with Crippen molar-refractivity contribution >= 4 is 16.9 Å². The number of hydrogen-bond donors (Lipinski definition) is 1. The van der Waals surface area contributed by atoms with Crippen LogP contribution in [0.5, 0.6) is 5.75 Å². The van der Waals surface area contributed by atoms with Crippen LogP contribution in [0.2, 0.25) is 0 Å². The van der Waals surface area contributed by atoms with E-state index in [0.717, 1.165) is 5.56 Å². The van der Waals surface area contributed by atoms with E-state index >= 15 is 0 Å². The van der Waals surface area contributed by atoms with Gasteiger partial charge in [-0.15, -0.1) is 0 Å². The maximum atomic E-state index is 13.6. The highest BCUT2D eigenvalue weighted by Crippen LogP contribution is 2.40. The molecule has 0 bridgehead atoms. The smallest absolute Gasteiger partial charge is 0.434 e. The molecule has 0 saturated heterocycles. The molecule has 0 aliphatic carbocycles. The molecule has 0 aliphatic rings. The lowest BCUT2D eigenvalue weighted by atomic mass is 10.1. The Morgan fingerprint density at radius 3 is 2.41 bits per heavy atom. The molecular formula is C18H16F3N5O. The first kappa shape index (κ1) is 18.5. The van der Waals surface area contributed by atoms with Gasteiger partial charge in [-0.1, -0.05) is 6.07 Å². The van der Waals surface area contributed by atoms with Crippen LogP contribution in [0.1, 0.15) is 28.2 Å². The summed E-state index contributed by atoms with van der Waals surface area (Å²) >= 11 is 0. The second kappa shape index (κ2) is 6.16. The number of nitrogens with two attached hydrogens (primary N) is 1. The number of benzene rings is 1. The van der Waals surface area contributed by atoms with Crippen LogP contribution >= 0.6 is 0 Å². The van der Waals surface area contributed by atoms with Crippen molar-refractivity contribution in [2.75, 3.05) is 12.8 Å². The number of hydrogen-bond acceptors (Lipinski definition) is 5. The van der Waals surface area contributed by atoms with Crippen molar-refractivity contribution in [1.82, 2.24) is 14.5 Å². The van der Waals surface area contributed by atoms with Crippen molar-refractivity contribution in [2.24, 2.45) is 0 Å². The summed E-state index contributed by atoms with van der Waals surface area (Å²) in [6.07, 6.45) is -4.76. The summed E-state index contributed by atoms with van der Waals surface area (Å²) < 4.78 is 47.4. The van der Waals surface area contributed by atoms with Crippen molar-refractivity contribution < 1.29 is 17.9 Å². The third-order valence-corrected chi connectivity index (χ3v) is 4.37. The first-order valence-electron chi connectivity index (χ1n) is 7.92. The number of alkyl halides is 3. The molecule has 2 aromatic heterocycles. The molecule has 2 heterocycles. The zero-order valence-electron chi connectivity index (χ0n) is 15.1. The quantitative estimate of drug-likeness (QED) is 0.735. The fraction of sp³-hybridized carbons (Fsp3) is 0.278. The van der Waals surface area contributed by atoms with E-state index in [9.17, 15) is 18.4 Å². The van der Waals surface area contributed by atoms with Crippen molar-refractivity contribution in [3.63, 3.8) is 0 Å². The zero-order chi connectivity index (χ0) is 20.1. The van der Waals surface area contributed by atoms with E-state index in [-0.39, 0.29) is 22.9 Å². The average Bonchev–Trinajstić information content (AvgIpc) is 2.85. The molecule has 3 aromatic rings. The zero-order valence-corrected chi connectivity index (χ0v) is 15.1. The van der Waals surface area contributed by atoms with Gasteiger partial charge in [0.2, 0.25) is 0 Å². The number of fused-ring (bicyclic) bond motifs is 1. The lowest BCUT2D eigenvalue weighted by molar-refractivity contribution is -0.139. The molecule has 0 spiro atoms. The first-order chi connectivity index (χ1) is 12.6. The summed E-state index contributed by atoms with van der Waals surface area (Å²) in [5, 5.41) is 9.08. The lowest BCUT2D eigenvalue weighted by Crippen LogP contribution is -2.12. The number of nitrogen functional groups attached to an aromatic ring is 1. The molecular weight excluding hydrogens is 359 g/mol. The van der Waals surface area contributed by atoms with Gasteiger partial charge in [0.1, 0.15) is 29.0 Å². The van der Waals surface area contributed by atoms with Crippen LogP contribution in [0.25, 0.3) is 16.7 Å². The number of nitrogens with zero attached hydrogens (tertiary/aromatic N) is 4. The summed E-state index contributed by atoms with van der Waals surface area (Å²) in [4.78, 5) is 7.70. The number of aromatic nitrogens is 3. The molecule has 0 radical (unpaired) electrons. The van der Waals surface area contributed by atoms with Gasteiger partial charge in [-0.2, -0.15) is 18.4 Å². The monoisotopic (exact) mass is 375 g/mol. The van der Waals surface area contributed by atoms with Gasteiger partial charge in [0.25, 0.3) is 0 Å². The predicted octanol–water partition coefficient (Wildman–Crippen LogP) is 3.83. The maximum absolute atomic E-state index is 13.6. The van der Waals surface area contributed by atoms with Crippen LogP contribution in [-0.2, 0) is 6.18 Å². The molecule has 0 atom stereocenters. The van der Waals surface area contributed by atoms with Crippen LogP contribution in [-0.4, -0.2) is 21.6 Å². The molecule has 140 valence electrons. The van der Waals surface area contributed by atoms with Gasteiger partial charge in [-0.05, 0) is 32.4 Å². The van der Waals surface area contributed by atoms with E-state index in [1.54, 1.807) is 32.0 Å². The van der Waals surface area contributed by atoms with E-state index in [0.29, 0.717) is 17.0 Å². The van der Waals surface area contributed by atoms with E-state index in [1.807, 2.05) is 0 Å². The standard InChI is InChI=1S/C18H16F3N5O/c1-8-5-6-12(27-4)9(2)14(8)26-16(23)11(7-22)13-15(18(19,20)21)24-10(3)25-17(13)26/h5-6H,23H2,1-4H3. The third kappa shape index (κ3) is 2.73. The van der Waals surface area contributed by atoms with E-state index in [4.69, 9.17) is 10.5 Å². The van der Waals surface area contributed by atoms with Gasteiger partial charge >= 0.3 is 6.18 Å². The Labute approximate surface area is 153 Å². The SMILES string of the molecule is COc1ccc(C)c(-n2c(N)c(C#N)c3c(C(F)(F)F)nc(C)nc32)c1C. The topological polar surface area (TPSA) is 89.8 Å². The largest absolute Gasteiger partial charge is 0.496 e. The molecule has 27 heavy (non-hydrogen) atoms. The minimum absolute atomic E-state index is 0.0664. The highest BCUT2D eigenvalue weighted by Gasteiger charge is 2.38. The Morgan fingerprint density at radius 2 is 1.85 bits per heavy atom. The van der Waals surface area contributed by atoms with Crippen molar-refractivity contribution in [3.05, 3.63) is 40.3 Å². The van der Waals surface area contributed by atoms with E-state index in [1.165, 1.54) is 18.6 Å². The summed E-state index contributed by atoms with van der Waals surface area (Å²) in [6, 6.07) is 5.28. The van der Waals surface area contributed by atoms with Gasteiger partial charge in [0.15, 0.2) is 11.3 Å². The lowest BCUT2D eigenvalue weighted by Gasteiger charge is -2.17. The number of methoxy groups -OCH3 is 1. The number of aryl methyl sites for hydroxylation is 2. The molecule has 9 heteroatoms. The van der Waals surface area contributed by atoms with Gasteiger partial charge in [-0.3, -0.25) is 4.57 Å². The second-order valence-electron chi connectivity index (χ2n) is 6.08. The number of rotatable bonds is 2. The number of halogens is 3. The van der Waals surface area contributed by atoms with Crippen LogP contribution in [0, 0.1) is 32.1 Å². The molecule has 0 saturated carbocycles. The summed E-state index contributed by atoms with van der Waals surface area (Å²) in [6.45, 7) is 4.91.